The van der Waals surface area contributed by atoms with E-state index in [1.165, 1.54) is 0 Å². The van der Waals surface area contributed by atoms with Crippen molar-refractivity contribution in [2.45, 2.75) is 0 Å². The second-order valence-electron chi connectivity index (χ2n) is 2.78. The van der Waals surface area contributed by atoms with Crippen molar-refractivity contribution in [2.24, 2.45) is 0 Å². The second kappa shape index (κ2) is 3.98. The Morgan fingerprint density at radius 1 is 1.43 bits per heavy atom. The number of nitrogens with zero attached hydrogens (tertiary/aromatic N) is 1. The maximum absolute atomic E-state index is 6.02. The Hall–Kier alpha value is -1.06. The first-order valence-electron chi connectivity index (χ1n) is 4.18. The van der Waals surface area contributed by atoms with Crippen molar-refractivity contribution in [3.63, 3.8) is 0 Å². The van der Waals surface area contributed by atoms with Crippen LogP contribution in [0.3, 0.4) is 0 Å². The Kier molecular flexibility index (Phi) is 2.70. The van der Waals surface area contributed by atoms with Crippen molar-refractivity contribution in [1.82, 2.24) is 4.98 Å². The third kappa shape index (κ3) is 1.74. The Balaban J connectivity index is 2.47. The van der Waals surface area contributed by atoms with Gasteiger partial charge in [-0.2, -0.15) is 0 Å². The summed E-state index contributed by atoms with van der Waals surface area (Å²) in [5.74, 6) is 0. The van der Waals surface area contributed by atoms with E-state index in [2.05, 4.69) is 10.3 Å². The molecule has 1 N–H and O–H groups in total. The summed E-state index contributed by atoms with van der Waals surface area (Å²) in [5, 5.41) is 5.79. The molecule has 0 saturated carbocycles. The van der Waals surface area contributed by atoms with Gasteiger partial charge in [0, 0.05) is 18.9 Å². The van der Waals surface area contributed by atoms with E-state index < -0.39 is 0 Å². The van der Waals surface area contributed by atoms with E-state index in [9.17, 15) is 0 Å². The standard InChI is InChI=1S/C10H9ClN2S/c1-12-7-2-4-13-9(6-7)10-8(11)3-5-14-10/h2-6H,1H3,(H,12,13). The molecule has 0 atom stereocenters. The van der Waals surface area contributed by atoms with Gasteiger partial charge in [0.1, 0.15) is 0 Å². The number of aromatic nitrogens is 1. The monoisotopic (exact) mass is 224 g/mol. The molecule has 0 amide bonds. The van der Waals surface area contributed by atoms with E-state index in [1.807, 2.05) is 30.6 Å². The summed E-state index contributed by atoms with van der Waals surface area (Å²) >= 11 is 7.62. The summed E-state index contributed by atoms with van der Waals surface area (Å²) < 4.78 is 0. The van der Waals surface area contributed by atoms with Crippen molar-refractivity contribution in [2.75, 3.05) is 12.4 Å². The van der Waals surface area contributed by atoms with Crippen LogP contribution in [0.5, 0.6) is 0 Å². The van der Waals surface area contributed by atoms with E-state index in [-0.39, 0.29) is 0 Å². The molecule has 0 unspecified atom stereocenters. The highest BCUT2D eigenvalue weighted by molar-refractivity contribution is 7.14. The van der Waals surface area contributed by atoms with Gasteiger partial charge in [0.15, 0.2) is 0 Å². The van der Waals surface area contributed by atoms with Gasteiger partial charge in [-0.05, 0) is 23.6 Å². The van der Waals surface area contributed by atoms with E-state index in [1.54, 1.807) is 17.5 Å². The lowest BCUT2D eigenvalue weighted by Gasteiger charge is -2.02. The Morgan fingerprint density at radius 2 is 2.29 bits per heavy atom. The average Bonchev–Trinajstić information content (AvgIpc) is 2.65. The maximum atomic E-state index is 6.02. The van der Waals surface area contributed by atoms with Crippen LogP contribution in [0.4, 0.5) is 5.69 Å². The molecule has 2 rings (SSSR count). The Bertz CT molecular complexity index is 439. The third-order valence-corrected chi connectivity index (χ3v) is 3.26. The van der Waals surface area contributed by atoms with Gasteiger partial charge in [-0.1, -0.05) is 11.6 Å². The molecule has 2 heterocycles. The molecule has 0 aromatic carbocycles. The zero-order valence-corrected chi connectivity index (χ0v) is 9.19. The average molecular weight is 225 g/mol. The number of thiophene rings is 1. The molecular formula is C10H9ClN2S. The van der Waals surface area contributed by atoms with E-state index in [0.717, 1.165) is 21.3 Å². The molecule has 0 aliphatic rings. The highest BCUT2D eigenvalue weighted by Gasteiger charge is 2.06. The molecule has 72 valence electrons. The first kappa shape index (κ1) is 9.49. The molecule has 0 aliphatic heterocycles. The topological polar surface area (TPSA) is 24.9 Å². The summed E-state index contributed by atoms with van der Waals surface area (Å²) in [6.07, 6.45) is 1.78. The molecule has 0 fully saturated rings. The number of anilines is 1. The quantitative estimate of drug-likeness (QED) is 0.845. The van der Waals surface area contributed by atoms with Gasteiger partial charge in [-0.25, -0.2) is 0 Å². The number of halogens is 1. The number of hydrogen-bond acceptors (Lipinski definition) is 3. The maximum Gasteiger partial charge on any atom is 0.0837 e. The van der Waals surface area contributed by atoms with Gasteiger partial charge in [0.05, 0.1) is 15.6 Å². The van der Waals surface area contributed by atoms with Gasteiger partial charge in [0.25, 0.3) is 0 Å². The molecule has 0 aliphatic carbocycles. The fourth-order valence-electron chi connectivity index (χ4n) is 1.19. The number of hydrogen-bond donors (Lipinski definition) is 1. The van der Waals surface area contributed by atoms with Gasteiger partial charge >= 0.3 is 0 Å². The summed E-state index contributed by atoms with van der Waals surface area (Å²) in [4.78, 5) is 5.29. The minimum atomic E-state index is 0.760. The van der Waals surface area contributed by atoms with Crippen LogP contribution in [0.15, 0.2) is 29.8 Å². The van der Waals surface area contributed by atoms with Crippen LogP contribution >= 0.6 is 22.9 Å². The fraction of sp³-hybridized carbons (Fsp3) is 0.100. The lowest BCUT2D eigenvalue weighted by atomic mass is 10.3. The highest BCUT2D eigenvalue weighted by Crippen LogP contribution is 2.32. The first-order valence-corrected chi connectivity index (χ1v) is 5.44. The minimum Gasteiger partial charge on any atom is -0.388 e. The van der Waals surface area contributed by atoms with Crippen LogP contribution in [-0.4, -0.2) is 12.0 Å². The highest BCUT2D eigenvalue weighted by atomic mass is 35.5. The summed E-state index contributed by atoms with van der Waals surface area (Å²) in [7, 11) is 1.88. The molecule has 2 aromatic rings. The molecular weight excluding hydrogens is 216 g/mol. The summed E-state index contributed by atoms with van der Waals surface area (Å²) in [6, 6.07) is 5.79. The van der Waals surface area contributed by atoms with Gasteiger partial charge < -0.3 is 5.32 Å². The van der Waals surface area contributed by atoms with E-state index in [4.69, 9.17) is 11.6 Å². The molecule has 0 bridgehead atoms. The van der Waals surface area contributed by atoms with Gasteiger partial charge in [-0.3, -0.25) is 4.98 Å². The molecule has 2 nitrogen and oxygen atoms in total. The van der Waals surface area contributed by atoms with Gasteiger partial charge in [0.2, 0.25) is 0 Å². The van der Waals surface area contributed by atoms with Crippen LogP contribution in [0.2, 0.25) is 5.02 Å². The van der Waals surface area contributed by atoms with Crippen LogP contribution in [0.1, 0.15) is 0 Å². The SMILES string of the molecule is CNc1ccnc(-c2sccc2Cl)c1. The summed E-state index contributed by atoms with van der Waals surface area (Å²) in [6.45, 7) is 0. The van der Waals surface area contributed by atoms with Crippen molar-refractivity contribution in [3.05, 3.63) is 34.8 Å². The van der Waals surface area contributed by atoms with E-state index >= 15 is 0 Å². The predicted octanol–water partition coefficient (Wildman–Crippen LogP) is 3.51. The van der Waals surface area contributed by atoms with Crippen molar-refractivity contribution < 1.29 is 0 Å². The molecule has 0 spiro atoms. The van der Waals surface area contributed by atoms with Crippen LogP contribution in [0, 0.1) is 0 Å². The fourth-order valence-corrected chi connectivity index (χ4v) is 2.31. The molecule has 0 radical (unpaired) electrons. The predicted molar refractivity (Wildman–Crippen MR) is 62.1 cm³/mol. The van der Waals surface area contributed by atoms with Crippen LogP contribution in [0.25, 0.3) is 10.6 Å². The van der Waals surface area contributed by atoms with Crippen molar-refractivity contribution in [3.8, 4) is 10.6 Å². The second-order valence-corrected chi connectivity index (χ2v) is 4.10. The van der Waals surface area contributed by atoms with Gasteiger partial charge in [-0.15, -0.1) is 11.3 Å². The number of pyridine rings is 1. The van der Waals surface area contributed by atoms with Crippen molar-refractivity contribution >= 4 is 28.6 Å². The van der Waals surface area contributed by atoms with E-state index in [0.29, 0.717) is 0 Å². The summed E-state index contributed by atoms with van der Waals surface area (Å²) in [5.41, 5.74) is 1.95. The lowest BCUT2D eigenvalue weighted by Crippen LogP contribution is -1.89. The largest absolute Gasteiger partial charge is 0.388 e. The van der Waals surface area contributed by atoms with Crippen LogP contribution < -0.4 is 5.32 Å². The molecule has 4 heteroatoms. The smallest absolute Gasteiger partial charge is 0.0837 e. The number of rotatable bonds is 2. The first-order chi connectivity index (χ1) is 6.81. The third-order valence-electron chi connectivity index (χ3n) is 1.90. The van der Waals surface area contributed by atoms with Crippen molar-refractivity contribution in [1.29, 1.82) is 0 Å². The lowest BCUT2D eigenvalue weighted by molar-refractivity contribution is 1.33. The zero-order valence-electron chi connectivity index (χ0n) is 7.62. The molecule has 0 saturated heterocycles. The normalized spacial score (nSPS) is 10.1. The molecule has 14 heavy (non-hydrogen) atoms. The Morgan fingerprint density at radius 3 is 2.93 bits per heavy atom. The molecule has 2 aromatic heterocycles. The number of nitrogens with one attached hydrogen (secondary N) is 1. The minimum absolute atomic E-state index is 0.760. The van der Waals surface area contributed by atoms with Crippen LogP contribution in [-0.2, 0) is 0 Å². The Labute approximate surface area is 91.6 Å². The zero-order chi connectivity index (χ0) is 9.97.